The highest BCUT2D eigenvalue weighted by molar-refractivity contribution is 5.94. The lowest BCUT2D eigenvalue weighted by atomic mass is 10.1. The molecule has 0 unspecified atom stereocenters. The molecule has 0 aliphatic carbocycles. The molecule has 0 saturated carbocycles. The summed E-state index contributed by atoms with van der Waals surface area (Å²) in [7, 11) is 0. The topological polar surface area (TPSA) is 104 Å². The molecule has 2 aromatic heterocycles. The zero-order valence-corrected chi connectivity index (χ0v) is 20.5. The number of benzene rings is 2. The monoisotopic (exact) mass is 515 g/mol. The Balaban J connectivity index is 1.47. The third-order valence-electron chi connectivity index (χ3n) is 5.11. The molecule has 0 fully saturated rings. The Hall–Kier alpha value is -4.19. The molecule has 1 N–H and O–H groups in total. The normalized spacial score (nSPS) is 12.0. The summed E-state index contributed by atoms with van der Waals surface area (Å²) in [6.07, 6.45) is -3.26. The molecule has 0 atom stereocenters. The molecule has 0 radical (unpaired) electrons. The Morgan fingerprint density at radius 1 is 1.08 bits per heavy atom. The average Bonchev–Trinajstić information content (AvgIpc) is 3.45. The number of amides is 1. The summed E-state index contributed by atoms with van der Waals surface area (Å²) in [6, 6.07) is 11.5. The van der Waals surface area contributed by atoms with Gasteiger partial charge in [0.15, 0.2) is 11.4 Å². The second-order valence-electron chi connectivity index (χ2n) is 9.11. The van der Waals surface area contributed by atoms with Crippen molar-refractivity contribution < 1.29 is 32.0 Å². The minimum absolute atomic E-state index is 0.00739. The molecular weight excluding hydrogens is 491 g/mol. The van der Waals surface area contributed by atoms with Crippen LogP contribution in [0.1, 0.15) is 48.3 Å². The van der Waals surface area contributed by atoms with E-state index >= 15 is 0 Å². The number of hydrogen-bond donors (Lipinski definition) is 1. The molecule has 0 saturated heterocycles. The van der Waals surface area contributed by atoms with E-state index in [0.29, 0.717) is 11.8 Å². The van der Waals surface area contributed by atoms with Gasteiger partial charge in [0.2, 0.25) is 11.8 Å². The lowest BCUT2D eigenvalue weighted by Crippen LogP contribution is -2.32. The van der Waals surface area contributed by atoms with Crippen molar-refractivity contribution in [3.05, 3.63) is 77.4 Å². The Kier molecular flexibility index (Phi) is 7.03. The minimum atomic E-state index is -4.54. The second-order valence-corrected chi connectivity index (χ2v) is 9.11. The zero-order chi connectivity index (χ0) is 26.8. The third kappa shape index (κ3) is 6.15. The van der Waals surface area contributed by atoms with Gasteiger partial charge in [-0.05, 0) is 56.7 Å². The van der Waals surface area contributed by atoms with Crippen molar-refractivity contribution in [1.82, 2.24) is 25.5 Å². The van der Waals surface area contributed by atoms with Crippen molar-refractivity contribution in [3.8, 4) is 23.0 Å². The van der Waals surface area contributed by atoms with Gasteiger partial charge in [-0.3, -0.25) is 14.3 Å². The fraction of sp³-hybridized carbons (Fsp3) is 0.280. The fourth-order valence-corrected chi connectivity index (χ4v) is 3.38. The van der Waals surface area contributed by atoms with E-state index in [1.807, 2.05) is 20.8 Å². The van der Waals surface area contributed by atoms with Gasteiger partial charge < -0.3 is 9.15 Å². The number of nitrogens with one attached hydrogen (secondary N) is 1. The molecule has 0 bridgehead atoms. The largest absolute Gasteiger partial charge is 0.453 e. The highest BCUT2D eigenvalue weighted by Gasteiger charge is 2.31. The molecule has 2 aromatic carbocycles. The lowest BCUT2D eigenvalue weighted by molar-refractivity contribution is -0.137. The van der Waals surface area contributed by atoms with Gasteiger partial charge in [0, 0.05) is 12.5 Å². The summed E-state index contributed by atoms with van der Waals surface area (Å²) in [4.78, 5) is 18.5. The molecule has 1 amide bonds. The minimum Gasteiger partial charge on any atom is -0.453 e. The van der Waals surface area contributed by atoms with E-state index in [1.165, 1.54) is 23.0 Å². The maximum absolute atomic E-state index is 13.1. The Bertz CT molecular complexity index is 1390. The van der Waals surface area contributed by atoms with Crippen LogP contribution >= 0.6 is 0 Å². The Morgan fingerprint density at radius 3 is 2.43 bits per heavy atom. The van der Waals surface area contributed by atoms with Crippen LogP contribution < -0.4 is 10.2 Å². The molecule has 9 nitrogen and oxygen atoms in total. The van der Waals surface area contributed by atoms with Gasteiger partial charge in [-0.15, -0.1) is 10.2 Å². The Labute approximate surface area is 210 Å². The Morgan fingerprint density at radius 2 is 1.81 bits per heavy atom. The van der Waals surface area contributed by atoms with E-state index in [4.69, 9.17) is 14.0 Å². The maximum atomic E-state index is 13.1. The van der Waals surface area contributed by atoms with Gasteiger partial charge in [0.1, 0.15) is 5.75 Å². The molecule has 0 aliphatic rings. The van der Waals surface area contributed by atoms with Crippen LogP contribution in [-0.2, 0) is 23.2 Å². The van der Waals surface area contributed by atoms with Crippen molar-refractivity contribution in [3.63, 3.8) is 0 Å². The van der Waals surface area contributed by atoms with E-state index < -0.39 is 23.2 Å². The molecule has 0 aliphatic heterocycles. The summed E-state index contributed by atoms with van der Waals surface area (Å²) < 4.78 is 51.7. The number of nitrogens with zero attached hydrogens (tertiary/aromatic N) is 4. The van der Waals surface area contributed by atoms with Crippen LogP contribution in [0.15, 0.2) is 59.1 Å². The van der Waals surface area contributed by atoms with E-state index in [2.05, 4.69) is 20.8 Å². The smallest absolute Gasteiger partial charge is 0.416 e. The summed E-state index contributed by atoms with van der Waals surface area (Å²) >= 11 is 0. The quantitative estimate of drug-likeness (QED) is 0.316. The molecule has 4 rings (SSSR count). The molecule has 12 heteroatoms. The highest BCUT2D eigenvalue weighted by atomic mass is 19.4. The summed E-state index contributed by atoms with van der Waals surface area (Å²) in [5.74, 6) is 0.0646. The van der Waals surface area contributed by atoms with Crippen molar-refractivity contribution in [2.75, 3.05) is 0 Å². The average molecular weight is 515 g/mol. The zero-order valence-electron chi connectivity index (χ0n) is 20.5. The first-order valence-electron chi connectivity index (χ1n) is 11.2. The predicted octanol–water partition coefficient (Wildman–Crippen LogP) is 5.67. The van der Waals surface area contributed by atoms with E-state index in [0.717, 1.165) is 23.3 Å². The van der Waals surface area contributed by atoms with Crippen LogP contribution in [0.3, 0.4) is 0 Å². The van der Waals surface area contributed by atoms with Gasteiger partial charge in [-0.1, -0.05) is 18.2 Å². The molecule has 194 valence electrons. The van der Waals surface area contributed by atoms with Crippen molar-refractivity contribution in [2.24, 2.45) is 0 Å². The predicted molar refractivity (Wildman–Crippen MR) is 125 cm³/mol. The second kappa shape index (κ2) is 10.1. The number of carbonyl (C=O) groups is 1. The SMILES string of the molecule is Cc1nnc(-c2ccc(CONC(=O)c3c(Oc4cccc(C(F)(F)F)c4)cnn3C(C)(C)C)cc2)o1. The van der Waals surface area contributed by atoms with E-state index in [1.54, 1.807) is 31.2 Å². The van der Waals surface area contributed by atoms with Crippen LogP contribution in [-0.4, -0.2) is 25.9 Å². The highest BCUT2D eigenvalue weighted by Crippen LogP contribution is 2.34. The first-order chi connectivity index (χ1) is 17.4. The number of ether oxygens (including phenoxy) is 1. The number of aryl methyl sites for hydroxylation is 1. The number of hydrogen-bond acceptors (Lipinski definition) is 7. The van der Waals surface area contributed by atoms with Crippen LogP contribution in [0, 0.1) is 6.92 Å². The summed E-state index contributed by atoms with van der Waals surface area (Å²) in [5.41, 5.74) is 2.33. The van der Waals surface area contributed by atoms with Gasteiger partial charge >= 0.3 is 6.18 Å². The van der Waals surface area contributed by atoms with Gasteiger partial charge in [0.25, 0.3) is 5.91 Å². The number of halogens is 3. The van der Waals surface area contributed by atoms with Gasteiger partial charge in [-0.2, -0.15) is 18.3 Å². The van der Waals surface area contributed by atoms with Crippen LogP contribution in [0.4, 0.5) is 13.2 Å². The lowest BCUT2D eigenvalue weighted by Gasteiger charge is -2.22. The van der Waals surface area contributed by atoms with Crippen LogP contribution in [0.25, 0.3) is 11.5 Å². The van der Waals surface area contributed by atoms with Crippen LogP contribution in [0.5, 0.6) is 11.5 Å². The van der Waals surface area contributed by atoms with E-state index in [-0.39, 0.29) is 23.8 Å². The first kappa shape index (κ1) is 25.9. The molecule has 0 spiro atoms. The fourth-order valence-electron chi connectivity index (χ4n) is 3.38. The number of carbonyl (C=O) groups excluding carboxylic acids is 1. The first-order valence-corrected chi connectivity index (χ1v) is 11.2. The molecule has 37 heavy (non-hydrogen) atoms. The number of alkyl halides is 3. The summed E-state index contributed by atoms with van der Waals surface area (Å²) in [5, 5.41) is 12.0. The van der Waals surface area contributed by atoms with Crippen molar-refractivity contribution >= 4 is 5.91 Å². The number of aromatic nitrogens is 4. The van der Waals surface area contributed by atoms with Gasteiger partial charge in [0.05, 0.1) is 23.9 Å². The van der Waals surface area contributed by atoms with E-state index in [9.17, 15) is 18.0 Å². The number of hydroxylamine groups is 1. The van der Waals surface area contributed by atoms with Crippen molar-refractivity contribution in [1.29, 1.82) is 0 Å². The standard InChI is InChI=1S/C25H24F3N5O4/c1-15-30-31-23(36-15)17-10-8-16(9-11-17)14-35-32-22(34)21-20(13-29-33(21)24(2,3)4)37-19-7-5-6-18(12-19)25(26,27)28/h5-13H,14H2,1-4H3,(H,32,34). The summed E-state index contributed by atoms with van der Waals surface area (Å²) in [6.45, 7) is 7.19. The molecule has 2 heterocycles. The number of rotatable bonds is 7. The molecule has 4 aromatic rings. The molecular formula is C25H24F3N5O4. The maximum Gasteiger partial charge on any atom is 0.416 e. The van der Waals surface area contributed by atoms with Crippen LogP contribution in [0.2, 0.25) is 0 Å². The third-order valence-corrected chi connectivity index (χ3v) is 5.11. The van der Waals surface area contributed by atoms with Crippen molar-refractivity contribution in [2.45, 2.75) is 46.0 Å². The van der Waals surface area contributed by atoms with Gasteiger partial charge in [-0.25, -0.2) is 5.48 Å².